The molecule has 1 fully saturated rings. The monoisotopic (exact) mass is 368 g/mol. The fourth-order valence-corrected chi connectivity index (χ4v) is 4.56. The average molecular weight is 368 g/mol. The molecule has 1 amide bonds. The zero-order valence-corrected chi connectivity index (χ0v) is 16.4. The molecular formula is C18H28N2O4S. The van der Waals surface area contributed by atoms with Gasteiger partial charge >= 0.3 is 0 Å². The first-order valence-corrected chi connectivity index (χ1v) is 10.1. The first kappa shape index (κ1) is 19.7. The van der Waals surface area contributed by atoms with Gasteiger partial charge in [0.25, 0.3) is 0 Å². The summed E-state index contributed by atoms with van der Waals surface area (Å²) >= 11 is 0. The van der Waals surface area contributed by atoms with Gasteiger partial charge in [-0.1, -0.05) is 13.8 Å². The average Bonchev–Trinajstić information content (AvgIpc) is 2.57. The van der Waals surface area contributed by atoms with Crippen molar-refractivity contribution < 1.29 is 17.9 Å². The van der Waals surface area contributed by atoms with Gasteiger partial charge in [-0.15, -0.1) is 0 Å². The largest absolute Gasteiger partial charge is 0.495 e. The van der Waals surface area contributed by atoms with Crippen molar-refractivity contribution in [1.29, 1.82) is 0 Å². The first-order valence-electron chi connectivity index (χ1n) is 8.62. The molecule has 0 bridgehead atoms. The van der Waals surface area contributed by atoms with Crippen molar-refractivity contribution in [2.24, 2.45) is 5.92 Å². The van der Waals surface area contributed by atoms with E-state index in [2.05, 4.69) is 5.32 Å². The Morgan fingerprint density at radius 2 is 1.76 bits per heavy atom. The van der Waals surface area contributed by atoms with Gasteiger partial charge in [-0.25, -0.2) is 8.42 Å². The molecule has 1 aliphatic rings. The van der Waals surface area contributed by atoms with Crippen molar-refractivity contribution in [2.45, 2.75) is 51.5 Å². The summed E-state index contributed by atoms with van der Waals surface area (Å²) < 4.78 is 32.8. The molecule has 1 aliphatic heterocycles. The van der Waals surface area contributed by atoms with Crippen molar-refractivity contribution in [2.75, 3.05) is 20.2 Å². The number of hydrogen-bond acceptors (Lipinski definition) is 4. The van der Waals surface area contributed by atoms with E-state index in [1.54, 1.807) is 12.1 Å². The summed E-state index contributed by atoms with van der Waals surface area (Å²) in [7, 11) is -2.13. The lowest BCUT2D eigenvalue weighted by atomic mass is 10.1. The van der Waals surface area contributed by atoms with E-state index < -0.39 is 10.0 Å². The van der Waals surface area contributed by atoms with Crippen LogP contribution in [0.15, 0.2) is 17.0 Å². The predicted octanol–water partition coefficient (Wildman–Crippen LogP) is 2.24. The number of nitrogens with one attached hydrogen (secondary N) is 1. The number of hydrogen-bond donors (Lipinski definition) is 1. The summed E-state index contributed by atoms with van der Waals surface area (Å²) in [5.74, 6) is 0.317. The molecule has 25 heavy (non-hydrogen) atoms. The Morgan fingerprint density at radius 3 is 2.28 bits per heavy atom. The van der Waals surface area contributed by atoms with Crippen LogP contribution in [0.25, 0.3) is 0 Å². The van der Waals surface area contributed by atoms with Crippen LogP contribution in [0.2, 0.25) is 0 Å². The normalized spacial score (nSPS) is 16.9. The van der Waals surface area contributed by atoms with Crippen molar-refractivity contribution in [1.82, 2.24) is 9.62 Å². The Kier molecular flexibility index (Phi) is 6.11. The maximum atomic E-state index is 13.0. The zero-order chi connectivity index (χ0) is 18.8. The number of methoxy groups -OCH3 is 1. The van der Waals surface area contributed by atoms with Gasteiger partial charge in [-0.05, 0) is 49.9 Å². The van der Waals surface area contributed by atoms with Gasteiger partial charge in [-0.3, -0.25) is 4.79 Å². The standard InChI is InChI=1S/C18H28N2O4S/c1-12(2)18(21)19-15-6-8-20(9-7-15)25(22,23)17-11-14(4)13(3)10-16(17)24-5/h10-12,15H,6-9H2,1-5H3,(H,19,21). The topological polar surface area (TPSA) is 75.7 Å². The van der Waals surface area contributed by atoms with Crippen molar-refractivity contribution in [3.8, 4) is 5.75 Å². The number of nitrogens with zero attached hydrogens (tertiary/aromatic N) is 1. The van der Waals surface area contributed by atoms with Crippen molar-refractivity contribution >= 4 is 15.9 Å². The maximum Gasteiger partial charge on any atom is 0.246 e. The summed E-state index contributed by atoms with van der Waals surface area (Å²) in [5.41, 5.74) is 1.91. The van der Waals surface area contributed by atoms with E-state index in [0.717, 1.165) is 11.1 Å². The molecule has 2 rings (SSSR count). The lowest BCUT2D eigenvalue weighted by Gasteiger charge is -2.32. The molecule has 0 unspecified atom stereocenters. The van der Waals surface area contributed by atoms with Crippen LogP contribution >= 0.6 is 0 Å². The highest BCUT2D eigenvalue weighted by atomic mass is 32.2. The van der Waals surface area contributed by atoms with Crippen molar-refractivity contribution in [3.05, 3.63) is 23.3 Å². The van der Waals surface area contributed by atoms with E-state index in [9.17, 15) is 13.2 Å². The lowest BCUT2D eigenvalue weighted by Crippen LogP contribution is -2.47. The number of ether oxygens (including phenoxy) is 1. The van der Waals surface area contributed by atoms with E-state index in [1.165, 1.54) is 11.4 Å². The number of rotatable bonds is 5. The number of carbonyl (C=O) groups excluding carboxylic acids is 1. The van der Waals surface area contributed by atoms with Gasteiger partial charge in [0.05, 0.1) is 7.11 Å². The Hall–Kier alpha value is -1.60. The third-order valence-corrected chi connectivity index (χ3v) is 6.64. The summed E-state index contributed by atoms with van der Waals surface area (Å²) in [6.45, 7) is 8.30. The van der Waals surface area contributed by atoms with Gasteiger partial charge in [0, 0.05) is 25.0 Å². The fraction of sp³-hybridized carbons (Fsp3) is 0.611. The minimum Gasteiger partial charge on any atom is -0.495 e. The Bertz CT molecular complexity index is 736. The van der Waals surface area contributed by atoms with Gasteiger partial charge in [0.1, 0.15) is 10.6 Å². The van der Waals surface area contributed by atoms with Crippen LogP contribution in [-0.2, 0) is 14.8 Å². The second-order valence-electron chi connectivity index (χ2n) is 6.93. The molecule has 1 heterocycles. The van der Waals surface area contributed by atoms with Gasteiger partial charge < -0.3 is 10.1 Å². The van der Waals surface area contributed by atoms with Crippen LogP contribution in [0.4, 0.5) is 0 Å². The Balaban J connectivity index is 2.15. The number of amides is 1. The molecule has 1 aromatic carbocycles. The van der Waals surface area contributed by atoms with Gasteiger partial charge in [0.15, 0.2) is 0 Å². The molecule has 0 aromatic heterocycles. The number of piperidine rings is 1. The number of benzene rings is 1. The van der Waals surface area contributed by atoms with Crippen LogP contribution in [0.1, 0.15) is 37.8 Å². The molecule has 0 saturated carbocycles. The highest BCUT2D eigenvalue weighted by Crippen LogP contribution is 2.31. The number of sulfonamides is 1. The molecule has 1 aromatic rings. The second-order valence-corrected chi connectivity index (χ2v) is 8.84. The summed E-state index contributed by atoms with van der Waals surface area (Å²) in [5, 5.41) is 2.98. The first-order chi connectivity index (χ1) is 11.7. The molecule has 140 valence electrons. The number of aryl methyl sites for hydroxylation is 2. The van der Waals surface area contributed by atoms with Crippen LogP contribution in [0, 0.1) is 19.8 Å². The molecule has 0 atom stereocenters. The number of carbonyl (C=O) groups is 1. The highest BCUT2D eigenvalue weighted by molar-refractivity contribution is 7.89. The van der Waals surface area contributed by atoms with E-state index in [4.69, 9.17) is 4.74 Å². The summed E-state index contributed by atoms with van der Waals surface area (Å²) in [6, 6.07) is 3.47. The summed E-state index contributed by atoms with van der Waals surface area (Å²) in [4.78, 5) is 12.0. The third kappa shape index (κ3) is 4.33. The molecule has 0 radical (unpaired) electrons. The molecule has 6 nitrogen and oxygen atoms in total. The Labute approximate surface area is 150 Å². The van der Waals surface area contributed by atoms with E-state index in [1.807, 2.05) is 27.7 Å². The molecular weight excluding hydrogens is 340 g/mol. The molecule has 0 aliphatic carbocycles. The van der Waals surface area contributed by atoms with Crippen LogP contribution in [0.3, 0.4) is 0 Å². The smallest absolute Gasteiger partial charge is 0.246 e. The predicted molar refractivity (Wildman–Crippen MR) is 97.2 cm³/mol. The van der Waals surface area contributed by atoms with Crippen LogP contribution in [0.5, 0.6) is 5.75 Å². The molecule has 0 spiro atoms. The maximum absolute atomic E-state index is 13.0. The minimum atomic E-state index is -3.62. The van der Waals surface area contributed by atoms with Crippen LogP contribution in [-0.4, -0.2) is 44.9 Å². The van der Waals surface area contributed by atoms with E-state index in [-0.39, 0.29) is 22.8 Å². The van der Waals surface area contributed by atoms with Gasteiger partial charge in [0.2, 0.25) is 15.9 Å². The Morgan fingerprint density at radius 1 is 1.20 bits per heavy atom. The van der Waals surface area contributed by atoms with Crippen molar-refractivity contribution in [3.63, 3.8) is 0 Å². The third-order valence-electron chi connectivity index (χ3n) is 4.72. The molecule has 1 N–H and O–H groups in total. The molecule has 1 saturated heterocycles. The van der Waals surface area contributed by atoms with E-state index >= 15 is 0 Å². The van der Waals surface area contributed by atoms with Gasteiger partial charge in [-0.2, -0.15) is 4.31 Å². The quantitative estimate of drug-likeness (QED) is 0.865. The minimum absolute atomic E-state index is 0.0112. The molecule has 7 heteroatoms. The zero-order valence-electron chi connectivity index (χ0n) is 15.6. The lowest BCUT2D eigenvalue weighted by molar-refractivity contribution is -0.124. The SMILES string of the molecule is COc1cc(C)c(C)cc1S(=O)(=O)N1CCC(NC(=O)C(C)C)CC1. The second kappa shape index (κ2) is 7.74. The van der Waals surface area contributed by atoms with Crippen LogP contribution < -0.4 is 10.1 Å². The highest BCUT2D eigenvalue weighted by Gasteiger charge is 2.32. The summed E-state index contributed by atoms with van der Waals surface area (Å²) in [6.07, 6.45) is 1.23. The fourth-order valence-electron chi connectivity index (χ4n) is 2.87. The van der Waals surface area contributed by atoms with E-state index in [0.29, 0.717) is 31.7 Å².